The average Bonchev–Trinajstić information content (AvgIpc) is 2.83. The van der Waals surface area contributed by atoms with Gasteiger partial charge in [-0.1, -0.05) is 0 Å². The third-order valence-corrected chi connectivity index (χ3v) is 2.89. The van der Waals surface area contributed by atoms with Crippen LogP contribution in [0.5, 0.6) is 0 Å². The van der Waals surface area contributed by atoms with E-state index in [-0.39, 0.29) is 5.91 Å². The van der Waals surface area contributed by atoms with Gasteiger partial charge in [0.15, 0.2) is 0 Å². The summed E-state index contributed by atoms with van der Waals surface area (Å²) in [5.74, 6) is -0.654. The Morgan fingerprint density at radius 1 is 1.06 bits per heavy atom. The minimum absolute atomic E-state index is 0.168. The van der Waals surface area contributed by atoms with E-state index in [2.05, 4.69) is 5.32 Å². The van der Waals surface area contributed by atoms with Gasteiger partial charge in [-0.25, -0.2) is 0 Å². The second-order valence-electron chi connectivity index (χ2n) is 3.41. The minimum atomic E-state index is -0.485. The summed E-state index contributed by atoms with van der Waals surface area (Å²) in [7, 11) is 0. The number of hydrogen-bond donors (Lipinski definition) is 2. The Kier molecular flexibility index (Phi) is 3.20. The van der Waals surface area contributed by atoms with Crippen LogP contribution in [-0.4, -0.2) is 11.8 Å². The highest BCUT2D eigenvalue weighted by Gasteiger charge is 2.06. The molecular formula is C12H10N2O2S. The SMILES string of the molecule is NC(=O)c1ccc(NC(=O)c2ccsc2)cc1. The van der Waals surface area contributed by atoms with Crippen LogP contribution in [0.3, 0.4) is 0 Å². The first kappa shape index (κ1) is 11.3. The van der Waals surface area contributed by atoms with Gasteiger partial charge in [-0.3, -0.25) is 9.59 Å². The lowest BCUT2D eigenvalue weighted by Crippen LogP contribution is -2.12. The van der Waals surface area contributed by atoms with E-state index >= 15 is 0 Å². The molecule has 1 heterocycles. The summed E-state index contributed by atoms with van der Waals surface area (Å²) in [6.07, 6.45) is 0. The molecule has 0 aliphatic rings. The van der Waals surface area contributed by atoms with E-state index in [1.165, 1.54) is 11.3 Å². The molecular weight excluding hydrogens is 236 g/mol. The Balaban J connectivity index is 2.09. The molecule has 5 heteroatoms. The van der Waals surface area contributed by atoms with Crippen molar-refractivity contribution in [3.63, 3.8) is 0 Å². The maximum absolute atomic E-state index is 11.7. The van der Waals surface area contributed by atoms with Crippen molar-refractivity contribution in [2.75, 3.05) is 5.32 Å². The van der Waals surface area contributed by atoms with Gasteiger partial charge in [-0.05, 0) is 35.7 Å². The van der Waals surface area contributed by atoms with Crippen molar-refractivity contribution < 1.29 is 9.59 Å². The normalized spacial score (nSPS) is 9.88. The number of nitrogens with two attached hydrogens (primary N) is 1. The first-order chi connectivity index (χ1) is 8.16. The number of anilines is 1. The van der Waals surface area contributed by atoms with Crippen molar-refractivity contribution in [3.8, 4) is 0 Å². The Morgan fingerprint density at radius 2 is 1.76 bits per heavy atom. The van der Waals surface area contributed by atoms with Gasteiger partial charge in [0.05, 0.1) is 5.56 Å². The molecule has 0 spiro atoms. The molecule has 0 atom stereocenters. The highest BCUT2D eigenvalue weighted by Crippen LogP contribution is 2.12. The molecule has 0 aliphatic carbocycles. The van der Waals surface area contributed by atoms with Crippen molar-refractivity contribution in [1.82, 2.24) is 0 Å². The molecule has 4 nitrogen and oxygen atoms in total. The fourth-order valence-electron chi connectivity index (χ4n) is 1.31. The van der Waals surface area contributed by atoms with Crippen LogP contribution in [-0.2, 0) is 0 Å². The molecule has 0 saturated heterocycles. The molecule has 17 heavy (non-hydrogen) atoms. The molecule has 2 aromatic rings. The summed E-state index contributed by atoms with van der Waals surface area (Å²) < 4.78 is 0. The number of hydrogen-bond acceptors (Lipinski definition) is 3. The summed E-state index contributed by atoms with van der Waals surface area (Å²) in [6, 6.07) is 8.18. The van der Waals surface area contributed by atoms with Gasteiger partial charge < -0.3 is 11.1 Å². The Bertz CT molecular complexity index is 532. The number of carbonyl (C=O) groups is 2. The molecule has 0 bridgehead atoms. The van der Waals surface area contributed by atoms with Crippen LogP contribution in [0.25, 0.3) is 0 Å². The van der Waals surface area contributed by atoms with Gasteiger partial charge in [0.25, 0.3) is 5.91 Å². The monoisotopic (exact) mass is 246 g/mol. The van der Waals surface area contributed by atoms with Crippen LogP contribution in [0.1, 0.15) is 20.7 Å². The van der Waals surface area contributed by atoms with Gasteiger partial charge in [-0.15, -0.1) is 0 Å². The predicted molar refractivity (Wildman–Crippen MR) is 67.2 cm³/mol. The minimum Gasteiger partial charge on any atom is -0.366 e. The number of nitrogens with one attached hydrogen (secondary N) is 1. The Hall–Kier alpha value is -2.14. The van der Waals surface area contributed by atoms with Gasteiger partial charge >= 0.3 is 0 Å². The molecule has 1 aromatic heterocycles. The maximum atomic E-state index is 11.7. The number of carbonyl (C=O) groups excluding carboxylic acids is 2. The van der Waals surface area contributed by atoms with Gasteiger partial charge in [0, 0.05) is 16.6 Å². The Labute approximate surface area is 102 Å². The van der Waals surface area contributed by atoms with Gasteiger partial charge in [0.2, 0.25) is 5.91 Å². The maximum Gasteiger partial charge on any atom is 0.256 e. The summed E-state index contributed by atoms with van der Waals surface area (Å²) in [5, 5.41) is 6.34. The van der Waals surface area contributed by atoms with Crippen molar-refractivity contribution in [2.24, 2.45) is 5.73 Å². The zero-order valence-electron chi connectivity index (χ0n) is 8.84. The lowest BCUT2D eigenvalue weighted by molar-refractivity contribution is 0.0998. The van der Waals surface area contributed by atoms with Crippen molar-refractivity contribution in [1.29, 1.82) is 0 Å². The Morgan fingerprint density at radius 3 is 2.29 bits per heavy atom. The zero-order valence-corrected chi connectivity index (χ0v) is 9.66. The number of amides is 2. The lowest BCUT2D eigenvalue weighted by Gasteiger charge is -2.04. The largest absolute Gasteiger partial charge is 0.366 e. The third kappa shape index (κ3) is 2.70. The van der Waals surface area contributed by atoms with Gasteiger partial charge in [-0.2, -0.15) is 11.3 Å². The quantitative estimate of drug-likeness (QED) is 0.870. The number of benzene rings is 1. The van der Waals surface area contributed by atoms with Crippen LogP contribution >= 0.6 is 11.3 Å². The van der Waals surface area contributed by atoms with E-state index in [0.717, 1.165) is 0 Å². The summed E-state index contributed by atoms with van der Waals surface area (Å²) in [5.41, 5.74) is 6.78. The molecule has 1 aromatic carbocycles. The number of thiophene rings is 1. The van der Waals surface area contributed by atoms with E-state index in [9.17, 15) is 9.59 Å². The lowest BCUT2D eigenvalue weighted by atomic mass is 10.2. The van der Waals surface area contributed by atoms with Crippen LogP contribution < -0.4 is 11.1 Å². The highest BCUT2D eigenvalue weighted by molar-refractivity contribution is 7.08. The van der Waals surface area contributed by atoms with Crippen molar-refractivity contribution >= 4 is 28.8 Å². The van der Waals surface area contributed by atoms with E-state index in [1.807, 2.05) is 5.38 Å². The summed E-state index contributed by atoms with van der Waals surface area (Å²) in [6.45, 7) is 0. The molecule has 2 amide bonds. The molecule has 86 valence electrons. The third-order valence-electron chi connectivity index (χ3n) is 2.21. The van der Waals surface area contributed by atoms with Crippen LogP contribution in [0.4, 0.5) is 5.69 Å². The van der Waals surface area contributed by atoms with E-state index < -0.39 is 5.91 Å². The topological polar surface area (TPSA) is 72.2 Å². The van der Waals surface area contributed by atoms with E-state index in [1.54, 1.807) is 35.7 Å². The van der Waals surface area contributed by atoms with Crippen molar-refractivity contribution in [2.45, 2.75) is 0 Å². The smallest absolute Gasteiger partial charge is 0.256 e. The van der Waals surface area contributed by atoms with Gasteiger partial charge in [0.1, 0.15) is 0 Å². The summed E-state index contributed by atoms with van der Waals surface area (Å²) in [4.78, 5) is 22.6. The molecule has 0 unspecified atom stereocenters. The van der Waals surface area contributed by atoms with Crippen LogP contribution in [0.15, 0.2) is 41.1 Å². The average molecular weight is 246 g/mol. The molecule has 0 saturated carbocycles. The highest BCUT2D eigenvalue weighted by atomic mass is 32.1. The fraction of sp³-hybridized carbons (Fsp3) is 0. The van der Waals surface area contributed by atoms with E-state index in [4.69, 9.17) is 5.73 Å². The molecule has 0 aliphatic heterocycles. The predicted octanol–water partition coefficient (Wildman–Crippen LogP) is 2.10. The van der Waals surface area contributed by atoms with Crippen molar-refractivity contribution in [3.05, 3.63) is 52.2 Å². The second-order valence-corrected chi connectivity index (χ2v) is 4.19. The van der Waals surface area contributed by atoms with Crippen LogP contribution in [0, 0.1) is 0 Å². The molecule has 0 fully saturated rings. The molecule has 0 radical (unpaired) electrons. The first-order valence-electron chi connectivity index (χ1n) is 4.90. The molecule has 2 rings (SSSR count). The summed E-state index contributed by atoms with van der Waals surface area (Å²) >= 11 is 1.46. The van der Waals surface area contributed by atoms with E-state index in [0.29, 0.717) is 16.8 Å². The fourth-order valence-corrected chi connectivity index (χ4v) is 1.95. The standard InChI is InChI=1S/C12H10N2O2S/c13-11(15)8-1-3-10(4-2-8)14-12(16)9-5-6-17-7-9/h1-7H,(H2,13,15)(H,14,16). The first-order valence-corrected chi connectivity index (χ1v) is 5.84. The number of primary amides is 1. The zero-order chi connectivity index (χ0) is 12.3. The second kappa shape index (κ2) is 4.80. The molecule has 3 N–H and O–H groups in total. The number of rotatable bonds is 3. The van der Waals surface area contributed by atoms with Crippen LogP contribution in [0.2, 0.25) is 0 Å².